The highest BCUT2D eigenvalue weighted by molar-refractivity contribution is 5.81. The van der Waals surface area contributed by atoms with Crippen LogP contribution in [0.1, 0.15) is 67.7 Å². The number of amides is 1. The van der Waals surface area contributed by atoms with Crippen molar-refractivity contribution >= 4 is 5.91 Å². The maximum atomic E-state index is 14.8. The number of benzene rings is 2. The first-order chi connectivity index (χ1) is 17.9. The van der Waals surface area contributed by atoms with Gasteiger partial charge in [0.2, 0.25) is 5.67 Å². The van der Waals surface area contributed by atoms with E-state index in [4.69, 9.17) is 0 Å². The van der Waals surface area contributed by atoms with Gasteiger partial charge in [-0.3, -0.25) is 4.79 Å². The molecular weight excluding hydrogens is 501 g/mol. The van der Waals surface area contributed by atoms with Crippen molar-refractivity contribution in [2.45, 2.75) is 81.7 Å². The van der Waals surface area contributed by atoms with E-state index >= 15 is 0 Å². The molecule has 0 bridgehead atoms. The summed E-state index contributed by atoms with van der Waals surface area (Å²) in [5, 5.41) is 11.0. The van der Waals surface area contributed by atoms with Gasteiger partial charge in [0.25, 0.3) is 5.91 Å². The van der Waals surface area contributed by atoms with Crippen LogP contribution in [0.25, 0.3) is 0 Å². The Hall–Kier alpha value is -2.48. The SMILES string of the molecule is CC(F)(c1ccc2c(c1)CCC1CN(C(=O)C(O)C3CCCCC3)CC21Cc1ccc(F)cc1)C(F)(F)F. The number of carbonyl (C=O) groups excluding carboxylic acids is 1. The molecule has 4 atom stereocenters. The van der Waals surface area contributed by atoms with Crippen LogP contribution in [0.3, 0.4) is 0 Å². The predicted molar refractivity (Wildman–Crippen MR) is 134 cm³/mol. The van der Waals surface area contributed by atoms with Crippen molar-refractivity contribution in [1.29, 1.82) is 0 Å². The Bertz CT molecular complexity index is 1170. The Kier molecular flexibility index (Phi) is 7.08. The number of rotatable bonds is 5. The Labute approximate surface area is 220 Å². The third-order valence-corrected chi connectivity index (χ3v) is 9.27. The minimum atomic E-state index is -5.05. The Balaban J connectivity index is 1.51. The molecule has 0 spiro atoms. The third-order valence-electron chi connectivity index (χ3n) is 9.27. The van der Waals surface area contributed by atoms with Gasteiger partial charge >= 0.3 is 6.18 Å². The van der Waals surface area contributed by atoms with Gasteiger partial charge in [-0.05, 0) is 85.3 Å². The average Bonchev–Trinajstić information content (AvgIpc) is 3.28. The molecule has 1 saturated carbocycles. The molecule has 5 rings (SSSR count). The zero-order valence-corrected chi connectivity index (χ0v) is 21.5. The number of aliphatic hydroxyl groups excluding tert-OH is 1. The average molecular weight is 536 g/mol. The summed E-state index contributed by atoms with van der Waals surface area (Å²) in [5.41, 5.74) is -2.24. The van der Waals surface area contributed by atoms with Crippen LogP contribution < -0.4 is 0 Å². The second-order valence-corrected chi connectivity index (χ2v) is 11.6. The van der Waals surface area contributed by atoms with Gasteiger partial charge in [-0.25, -0.2) is 8.78 Å². The zero-order valence-electron chi connectivity index (χ0n) is 21.5. The summed E-state index contributed by atoms with van der Waals surface area (Å²) in [6.45, 7) is 1.28. The van der Waals surface area contributed by atoms with Crippen molar-refractivity contribution in [3.05, 3.63) is 70.5 Å². The van der Waals surface area contributed by atoms with Crippen molar-refractivity contribution in [3.8, 4) is 0 Å². The molecule has 4 unspecified atom stereocenters. The van der Waals surface area contributed by atoms with E-state index in [9.17, 15) is 31.9 Å². The van der Waals surface area contributed by atoms with Crippen LogP contribution in [0.5, 0.6) is 0 Å². The third kappa shape index (κ3) is 4.74. The van der Waals surface area contributed by atoms with Crippen molar-refractivity contribution in [1.82, 2.24) is 4.90 Å². The van der Waals surface area contributed by atoms with Gasteiger partial charge in [-0.15, -0.1) is 0 Å². The van der Waals surface area contributed by atoms with Crippen LogP contribution in [0.4, 0.5) is 22.0 Å². The molecule has 3 nitrogen and oxygen atoms in total. The number of halogens is 5. The molecule has 0 aromatic heterocycles. The normalized spacial score (nSPS) is 26.4. The fourth-order valence-electron chi connectivity index (χ4n) is 6.99. The van der Waals surface area contributed by atoms with Gasteiger partial charge in [0.1, 0.15) is 11.9 Å². The van der Waals surface area contributed by atoms with E-state index in [1.54, 1.807) is 23.1 Å². The first-order valence-corrected chi connectivity index (χ1v) is 13.5. The fraction of sp³-hybridized carbons (Fsp3) is 0.567. The largest absolute Gasteiger partial charge is 0.426 e. The number of hydrogen-bond acceptors (Lipinski definition) is 2. The van der Waals surface area contributed by atoms with Crippen LogP contribution >= 0.6 is 0 Å². The van der Waals surface area contributed by atoms with E-state index in [0.717, 1.165) is 43.2 Å². The van der Waals surface area contributed by atoms with E-state index in [0.29, 0.717) is 44.8 Å². The van der Waals surface area contributed by atoms with Gasteiger partial charge in [-0.2, -0.15) is 13.2 Å². The topological polar surface area (TPSA) is 40.5 Å². The molecule has 0 radical (unpaired) electrons. The number of hydrogen-bond donors (Lipinski definition) is 1. The van der Waals surface area contributed by atoms with Crippen LogP contribution in [-0.2, 0) is 28.7 Å². The lowest BCUT2D eigenvalue weighted by Gasteiger charge is -2.41. The van der Waals surface area contributed by atoms with E-state index < -0.39 is 28.9 Å². The summed E-state index contributed by atoms with van der Waals surface area (Å²) in [7, 11) is 0. The molecule has 1 amide bonds. The smallest absolute Gasteiger partial charge is 0.383 e. The van der Waals surface area contributed by atoms with E-state index in [1.165, 1.54) is 24.3 Å². The molecule has 1 N–H and O–H groups in total. The molecule has 206 valence electrons. The molecule has 2 aromatic carbocycles. The maximum Gasteiger partial charge on any atom is 0.426 e. The van der Waals surface area contributed by atoms with E-state index in [-0.39, 0.29) is 23.6 Å². The van der Waals surface area contributed by atoms with Gasteiger partial charge in [0, 0.05) is 18.5 Å². The van der Waals surface area contributed by atoms with Gasteiger partial charge in [0.05, 0.1) is 0 Å². The standard InChI is InChI=1S/C30H34F5NO2/c1-28(32,30(33,34)35)22-11-14-25-21(15-22)9-10-23-17-36(27(38)26(37)20-5-3-2-4-6-20)18-29(23,25)16-19-7-12-24(31)13-8-19/h7-8,11-15,20,23,26,37H,2-6,9-10,16-18H2,1H3. The van der Waals surface area contributed by atoms with Crippen molar-refractivity contribution in [2.24, 2.45) is 11.8 Å². The Morgan fingerprint density at radius 3 is 2.39 bits per heavy atom. The molecule has 1 aliphatic heterocycles. The summed E-state index contributed by atoms with van der Waals surface area (Å²) in [5.74, 6) is -0.722. The van der Waals surface area contributed by atoms with Gasteiger partial charge in [-0.1, -0.05) is 49.6 Å². The number of aryl methyl sites for hydroxylation is 1. The van der Waals surface area contributed by atoms with E-state index in [1.807, 2.05) is 0 Å². The molecule has 1 heterocycles. The summed E-state index contributed by atoms with van der Waals surface area (Å²) in [6.07, 6.45) is 0.163. The first-order valence-electron chi connectivity index (χ1n) is 13.5. The number of carbonyl (C=O) groups is 1. The minimum Gasteiger partial charge on any atom is -0.383 e. The Morgan fingerprint density at radius 1 is 1.05 bits per heavy atom. The van der Waals surface area contributed by atoms with Crippen LogP contribution in [0, 0.1) is 17.7 Å². The number of likely N-dealkylation sites (tertiary alicyclic amines) is 1. The number of nitrogens with zero attached hydrogens (tertiary/aromatic N) is 1. The predicted octanol–water partition coefficient (Wildman–Crippen LogP) is 6.40. The molecule has 2 aliphatic carbocycles. The number of aliphatic hydroxyl groups is 1. The maximum absolute atomic E-state index is 14.8. The zero-order chi connectivity index (χ0) is 27.3. The highest BCUT2D eigenvalue weighted by Gasteiger charge is 2.55. The summed E-state index contributed by atoms with van der Waals surface area (Å²) in [6, 6.07) is 10.2. The van der Waals surface area contributed by atoms with Gasteiger partial charge in [0.15, 0.2) is 0 Å². The lowest BCUT2D eigenvalue weighted by molar-refractivity contribution is -0.228. The van der Waals surface area contributed by atoms with Crippen molar-refractivity contribution in [3.63, 3.8) is 0 Å². The number of alkyl halides is 4. The molecule has 2 fully saturated rings. The van der Waals surface area contributed by atoms with Crippen LogP contribution in [0.2, 0.25) is 0 Å². The molecular formula is C30H34F5NO2. The molecule has 38 heavy (non-hydrogen) atoms. The monoisotopic (exact) mass is 535 g/mol. The second kappa shape index (κ2) is 9.92. The first kappa shape index (κ1) is 27.1. The number of fused-ring (bicyclic) bond motifs is 3. The van der Waals surface area contributed by atoms with Crippen molar-refractivity contribution in [2.75, 3.05) is 13.1 Å². The van der Waals surface area contributed by atoms with Crippen LogP contribution in [-0.4, -0.2) is 41.3 Å². The second-order valence-electron chi connectivity index (χ2n) is 11.6. The highest BCUT2D eigenvalue weighted by atomic mass is 19.4. The fourth-order valence-corrected chi connectivity index (χ4v) is 6.99. The lowest BCUT2D eigenvalue weighted by Crippen LogP contribution is -2.45. The highest BCUT2D eigenvalue weighted by Crippen LogP contribution is 2.51. The minimum absolute atomic E-state index is 0.00721. The Morgan fingerprint density at radius 2 is 1.74 bits per heavy atom. The van der Waals surface area contributed by atoms with Crippen LogP contribution in [0.15, 0.2) is 42.5 Å². The summed E-state index contributed by atoms with van der Waals surface area (Å²) in [4.78, 5) is 15.2. The van der Waals surface area contributed by atoms with Gasteiger partial charge < -0.3 is 10.0 Å². The molecule has 1 saturated heterocycles. The quantitative estimate of drug-likeness (QED) is 0.450. The van der Waals surface area contributed by atoms with Crippen molar-refractivity contribution < 1.29 is 31.9 Å². The molecule has 8 heteroatoms. The summed E-state index contributed by atoms with van der Waals surface area (Å²) >= 11 is 0. The lowest BCUT2D eigenvalue weighted by atomic mass is 9.62. The molecule has 3 aliphatic rings. The van der Waals surface area contributed by atoms with E-state index in [2.05, 4.69) is 0 Å². The summed E-state index contributed by atoms with van der Waals surface area (Å²) < 4.78 is 68.9. The molecule has 2 aromatic rings.